The van der Waals surface area contributed by atoms with Crippen molar-refractivity contribution in [3.05, 3.63) is 23.3 Å². The molecule has 0 atom stereocenters. The van der Waals surface area contributed by atoms with Gasteiger partial charge < -0.3 is 10.2 Å². The number of hydrogen-bond donors (Lipinski definition) is 2. The fraction of sp³-hybridized carbons (Fsp3) is 0.364. The number of benzene rings is 1. The highest BCUT2D eigenvalue weighted by molar-refractivity contribution is 7.98. The molecule has 1 aromatic rings. The quantitative estimate of drug-likeness (QED) is 0.657. The van der Waals surface area contributed by atoms with Crippen LogP contribution in [0.25, 0.3) is 0 Å². The van der Waals surface area contributed by atoms with Crippen LogP contribution in [0.5, 0.6) is 5.75 Å². The lowest BCUT2D eigenvalue weighted by atomic mass is 10.0. The number of aliphatic hydroxyl groups excluding tert-OH is 1. The lowest BCUT2D eigenvalue weighted by molar-refractivity contribution is -0.0886. The molecule has 3 nitrogen and oxygen atoms in total. The number of phenolic OH excluding ortho intramolecular Hbond substituents is 1. The molecule has 0 saturated heterocycles. The molecule has 18 heavy (non-hydrogen) atoms. The molecule has 7 heteroatoms. The molecule has 0 aliphatic carbocycles. The van der Waals surface area contributed by atoms with Gasteiger partial charge in [0.1, 0.15) is 5.75 Å². The summed E-state index contributed by atoms with van der Waals surface area (Å²) < 4.78 is 36.9. The monoisotopic (exact) mass is 280 g/mol. The maximum atomic E-state index is 12.3. The smallest absolute Gasteiger partial charge is 0.455 e. The molecule has 0 aromatic heterocycles. The van der Waals surface area contributed by atoms with E-state index in [1.165, 1.54) is 17.8 Å². The normalized spacial score (nSPS) is 11.6. The van der Waals surface area contributed by atoms with Crippen LogP contribution in [-0.2, 0) is 6.42 Å². The van der Waals surface area contributed by atoms with Crippen molar-refractivity contribution >= 4 is 17.5 Å². The summed E-state index contributed by atoms with van der Waals surface area (Å²) in [6.45, 7) is -0.329. The largest absolute Gasteiger partial charge is 0.507 e. The van der Waals surface area contributed by atoms with Gasteiger partial charge in [-0.1, -0.05) is 0 Å². The fourth-order valence-corrected chi connectivity index (χ4v) is 2.15. The van der Waals surface area contributed by atoms with Gasteiger partial charge in [-0.3, -0.25) is 4.79 Å². The number of hydrogen-bond acceptors (Lipinski definition) is 4. The van der Waals surface area contributed by atoms with Crippen molar-refractivity contribution in [1.29, 1.82) is 0 Å². The minimum absolute atomic E-state index is 0.0129. The molecule has 0 bridgehead atoms. The van der Waals surface area contributed by atoms with Crippen LogP contribution in [0.4, 0.5) is 13.2 Å². The first-order valence-corrected chi connectivity index (χ1v) is 6.16. The van der Waals surface area contributed by atoms with Crippen molar-refractivity contribution in [3.8, 4) is 5.75 Å². The molecular formula is C11H11F3O3S. The molecule has 0 radical (unpaired) electrons. The Balaban J connectivity index is 3.32. The second kappa shape index (κ2) is 5.62. The summed E-state index contributed by atoms with van der Waals surface area (Å²) in [6.07, 6.45) is -3.36. The van der Waals surface area contributed by atoms with Crippen LogP contribution in [0.3, 0.4) is 0 Å². The molecule has 0 spiro atoms. The van der Waals surface area contributed by atoms with Gasteiger partial charge in [-0.2, -0.15) is 13.2 Å². The van der Waals surface area contributed by atoms with E-state index in [1.54, 1.807) is 6.26 Å². The Morgan fingerprint density at radius 1 is 1.39 bits per heavy atom. The maximum absolute atomic E-state index is 12.3. The number of phenols is 1. The number of ketones is 1. The van der Waals surface area contributed by atoms with Crippen LogP contribution < -0.4 is 0 Å². The number of alkyl halides is 3. The highest BCUT2D eigenvalue weighted by atomic mass is 32.2. The van der Waals surface area contributed by atoms with E-state index in [9.17, 15) is 23.1 Å². The Morgan fingerprint density at radius 3 is 2.44 bits per heavy atom. The van der Waals surface area contributed by atoms with Crippen molar-refractivity contribution in [3.63, 3.8) is 0 Å². The van der Waals surface area contributed by atoms with E-state index in [0.29, 0.717) is 4.90 Å². The van der Waals surface area contributed by atoms with Gasteiger partial charge in [0.25, 0.3) is 5.78 Å². The molecule has 2 N–H and O–H groups in total. The minimum Gasteiger partial charge on any atom is -0.507 e. The van der Waals surface area contributed by atoms with E-state index in [1.807, 2.05) is 0 Å². The third-order valence-corrected chi connectivity index (χ3v) is 3.15. The number of Topliss-reactive ketones (excluding diaryl/α,β-unsaturated/α-hetero) is 1. The molecule has 0 fully saturated rings. The third kappa shape index (κ3) is 2.97. The summed E-state index contributed by atoms with van der Waals surface area (Å²) in [6, 6.07) is 2.27. The van der Waals surface area contributed by atoms with E-state index in [4.69, 9.17) is 5.11 Å². The van der Waals surface area contributed by atoms with E-state index in [0.717, 1.165) is 6.07 Å². The molecule has 0 amide bonds. The van der Waals surface area contributed by atoms with Crippen LogP contribution >= 0.6 is 11.8 Å². The summed E-state index contributed by atoms with van der Waals surface area (Å²) in [5.74, 6) is -2.80. The maximum Gasteiger partial charge on any atom is 0.455 e. The summed E-state index contributed by atoms with van der Waals surface area (Å²) in [7, 11) is 0. The standard InChI is InChI=1S/C11H11F3O3S/c1-18-8-3-2-7(10(17)11(12,13)14)9(16)6(8)4-5-15/h2-3,15-16H,4-5H2,1H3. The lowest BCUT2D eigenvalue weighted by Gasteiger charge is -2.13. The number of halogens is 3. The highest BCUT2D eigenvalue weighted by Crippen LogP contribution is 2.35. The third-order valence-electron chi connectivity index (χ3n) is 2.32. The van der Waals surface area contributed by atoms with Gasteiger partial charge in [0.15, 0.2) is 0 Å². The summed E-state index contributed by atoms with van der Waals surface area (Å²) in [5.41, 5.74) is -0.635. The lowest BCUT2D eigenvalue weighted by Crippen LogP contribution is -2.23. The Kier molecular flexibility index (Phi) is 4.64. The van der Waals surface area contributed by atoms with Gasteiger partial charge in [0, 0.05) is 23.5 Å². The second-order valence-electron chi connectivity index (χ2n) is 3.44. The van der Waals surface area contributed by atoms with Crippen molar-refractivity contribution in [2.24, 2.45) is 0 Å². The van der Waals surface area contributed by atoms with Gasteiger partial charge >= 0.3 is 6.18 Å². The second-order valence-corrected chi connectivity index (χ2v) is 4.29. The van der Waals surface area contributed by atoms with Crippen LogP contribution in [0.1, 0.15) is 15.9 Å². The van der Waals surface area contributed by atoms with E-state index < -0.39 is 23.3 Å². The van der Waals surface area contributed by atoms with Crippen LogP contribution in [0, 0.1) is 0 Å². The zero-order chi connectivity index (χ0) is 13.9. The zero-order valence-corrected chi connectivity index (χ0v) is 10.2. The van der Waals surface area contributed by atoms with Crippen molar-refractivity contribution < 1.29 is 28.2 Å². The topological polar surface area (TPSA) is 57.5 Å². The molecule has 100 valence electrons. The number of carbonyl (C=O) groups excluding carboxylic acids is 1. The van der Waals surface area contributed by atoms with Gasteiger partial charge in [-0.05, 0) is 18.4 Å². The van der Waals surface area contributed by atoms with Crippen molar-refractivity contribution in [1.82, 2.24) is 0 Å². The Labute approximate surface area is 106 Å². The predicted octanol–water partition coefficient (Wildman–Crippen LogP) is 2.39. The fourth-order valence-electron chi connectivity index (χ4n) is 1.50. The molecule has 1 rings (SSSR count). The average molecular weight is 280 g/mol. The van der Waals surface area contributed by atoms with Crippen LogP contribution in [-0.4, -0.2) is 35.0 Å². The van der Waals surface area contributed by atoms with Crippen molar-refractivity contribution in [2.75, 3.05) is 12.9 Å². The Bertz CT molecular complexity index is 458. The average Bonchev–Trinajstić information content (AvgIpc) is 2.30. The van der Waals surface area contributed by atoms with Gasteiger partial charge in [-0.15, -0.1) is 11.8 Å². The molecule has 0 unspecified atom stereocenters. The first-order valence-electron chi connectivity index (χ1n) is 4.94. The van der Waals surface area contributed by atoms with Gasteiger partial charge in [0.2, 0.25) is 0 Å². The predicted molar refractivity (Wildman–Crippen MR) is 61.1 cm³/mol. The van der Waals surface area contributed by atoms with E-state index in [2.05, 4.69) is 0 Å². The number of aromatic hydroxyl groups is 1. The first kappa shape index (κ1) is 14.8. The number of carbonyl (C=O) groups is 1. The number of aliphatic hydroxyl groups is 1. The minimum atomic E-state index is -5.03. The van der Waals surface area contributed by atoms with Crippen molar-refractivity contribution in [2.45, 2.75) is 17.5 Å². The molecule has 0 heterocycles. The van der Waals surface area contributed by atoms with Gasteiger partial charge in [-0.25, -0.2) is 0 Å². The van der Waals surface area contributed by atoms with Gasteiger partial charge in [0.05, 0.1) is 5.56 Å². The molecule has 0 aliphatic rings. The van der Waals surface area contributed by atoms with E-state index in [-0.39, 0.29) is 18.6 Å². The number of rotatable bonds is 4. The van der Waals surface area contributed by atoms with Crippen LogP contribution in [0.15, 0.2) is 17.0 Å². The first-order chi connectivity index (χ1) is 8.32. The number of thioether (sulfide) groups is 1. The molecular weight excluding hydrogens is 269 g/mol. The zero-order valence-electron chi connectivity index (χ0n) is 9.41. The SMILES string of the molecule is CSc1ccc(C(=O)C(F)(F)F)c(O)c1CCO. The highest BCUT2D eigenvalue weighted by Gasteiger charge is 2.41. The summed E-state index contributed by atoms with van der Waals surface area (Å²) >= 11 is 1.21. The van der Waals surface area contributed by atoms with Crippen LogP contribution in [0.2, 0.25) is 0 Å². The molecule has 0 saturated carbocycles. The molecule has 0 aliphatic heterocycles. The Morgan fingerprint density at radius 2 is 2.00 bits per heavy atom. The Hall–Kier alpha value is -1.21. The molecule has 1 aromatic carbocycles. The summed E-state index contributed by atoms with van der Waals surface area (Å²) in [5, 5.41) is 18.5. The van der Waals surface area contributed by atoms with E-state index >= 15 is 0 Å². The summed E-state index contributed by atoms with van der Waals surface area (Å²) in [4.78, 5) is 11.6.